The predicted octanol–water partition coefficient (Wildman–Crippen LogP) is 0.869. The van der Waals surface area contributed by atoms with E-state index < -0.39 is 0 Å². The highest BCUT2D eigenvalue weighted by atomic mass is 16.2. The maximum atomic E-state index is 11.4. The fraction of sp³-hybridized carbons (Fsp3) is 0.727. The van der Waals surface area contributed by atoms with E-state index in [1.807, 2.05) is 4.90 Å². The SMILES string of the molecule is C=CC(=O)N1CCN2CCCCC2C1. The second-order valence-corrected chi connectivity index (χ2v) is 4.17. The summed E-state index contributed by atoms with van der Waals surface area (Å²) in [4.78, 5) is 15.9. The molecule has 0 aromatic carbocycles. The Labute approximate surface area is 85.4 Å². The summed E-state index contributed by atoms with van der Waals surface area (Å²) >= 11 is 0. The van der Waals surface area contributed by atoms with E-state index in [2.05, 4.69) is 11.5 Å². The number of hydrogen-bond acceptors (Lipinski definition) is 2. The van der Waals surface area contributed by atoms with E-state index >= 15 is 0 Å². The number of hydrogen-bond donors (Lipinski definition) is 0. The van der Waals surface area contributed by atoms with Crippen LogP contribution < -0.4 is 0 Å². The molecule has 0 aliphatic carbocycles. The van der Waals surface area contributed by atoms with Crippen molar-refractivity contribution in [1.29, 1.82) is 0 Å². The highest BCUT2D eigenvalue weighted by molar-refractivity contribution is 5.87. The van der Waals surface area contributed by atoms with Gasteiger partial charge in [-0.2, -0.15) is 0 Å². The largest absolute Gasteiger partial charge is 0.336 e. The molecular weight excluding hydrogens is 176 g/mol. The molecule has 2 fully saturated rings. The fourth-order valence-electron chi connectivity index (χ4n) is 2.49. The lowest BCUT2D eigenvalue weighted by atomic mass is 9.99. The molecule has 0 radical (unpaired) electrons. The standard InChI is InChI=1S/C11H18N2O/c1-2-11(14)13-8-7-12-6-4-3-5-10(12)9-13/h2,10H,1,3-9H2. The molecule has 3 heteroatoms. The monoisotopic (exact) mass is 194 g/mol. The van der Waals surface area contributed by atoms with E-state index in [1.165, 1.54) is 31.9 Å². The number of amides is 1. The molecule has 2 saturated heterocycles. The first kappa shape index (κ1) is 9.71. The van der Waals surface area contributed by atoms with Crippen LogP contribution >= 0.6 is 0 Å². The third kappa shape index (κ3) is 1.82. The third-order valence-electron chi connectivity index (χ3n) is 3.32. The van der Waals surface area contributed by atoms with Crippen LogP contribution in [0.15, 0.2) is 12.7 Å². The van der Waals surface area contributed by atoms with Crippen LogP contribution in [0.5, 0.6) is 0 Å². The number of rotatable bonds is 1. The topological polar surface area (TPSA) is 23.6 Å². The molecule has 0 aromatic rings. The van der Waals surface area contributed by atoms with Crippen LogP contribution in [-0.2, 0) is 4.79 Å². The predicted molar refractivity (Wildman–Crippen MR) is 56.0 cm³/mol. The highest BCUT2D eigenvalue weighted by Crippen LogP contribution is 2.20. The van der Waals surface area contributed by atoms with Crippen molar-refractivity contribution in [2.24, 2.45) is 0 Å². The Morgan fingerprint density at radius 3 is 2.93 bits per heavy atom. The zero-order chi connectivity index (χ0) is 9.97. The lowest BCUT2D eigenvalue weighted by Gasteiger charge is -2.43. The molecule has 2 aliphatic rings. The van der Waals surface area contributed by atoms with E-state index in [9.17, 15) is 4.79 Å². The number of nitrogens with zero attached hydrogens (tertiary/aromatic N) is 2. The van der Waals surface area contributed by atoms with Crippen molar-refractivity contribution >= 4 is 5.91 Å². The first-order valence-corrected chi connectivity index (χ1v) is 5.46. The summed E-state index contributed by atoms with van der Waals surface area (Å²) in [6.45, 7) is 7.59. The Morgan fingerprint density at radius 1 is 1.29 bits per heavy atom. The molecule has 2 heterocycles. The van der Waals surface area contributed by atoms with Gasteiger partial charge in [0.15, 0.2) is 0 Å². The third-order valence-corrected chi connectivity index (χ3v) is 3.32. The summed E-state index contributed by atoms with van der Waals surface area (Å²) in [5.41, 5.74) is 0. The van der Waals surface area contributed by atoms with Crippen LogP contribution in [-0.4, -0.2) is 47.9 Å². The smallest absolute Gasteiger partial charge is 0.246 e. The molecular formula is C11H18N2O. The number of carbonyl (C=O) groups is 1. The van der Waals surface area contributed by atoms with Crippen molar-refractivity contribution in [3.8, 4) is 0 Å². The summed E-state index contributed by atoms with van der Waals surface area (Å²) in [6, 6.07) is 0.612. The molecule has 0 saturated carbocycles. The van der Waals surface area contributed by atoms with E-state index in [0.29, 0.717) is 6.04 Å². The zero-order valence-corrected chi connectivity index (χ0v) is 8.61. The van der Waals surface area contributed by atoms with E-state index in [0.717, 1.165) is 19.6 Å². The van der Waals surface area contributed by atoms with Gasteiger partial charge in [0.25, 0.3) is 0 Å². The maximum absolute atomic E-state index is 11.4. The van der Waals surface area contributed by atoms with Gasteiger partial charge in [0.05, 0.1) is 0 Å². The molecule has 1 atom stereocenters. The average Bonchev–Trinajstić information content (AvgIpc) is 2.27. The molecule has 2 aliphatic heterocycles. The summed E-state index contributed by atoms with van der Waals surface area (Å²) in [5.74, 6) is 0.0928. The Hall–Kier alpha value is -0.830. The number of piperidine rings is 1. The minimum atomic E-state index is 0.0928. The van der Waals surface area contributed by atoms with Crippen LogP contribution in [0.3, 0.4) is 0 Å². The van der Waals surface area contributed by atoms with Crippen molar-refractivity contribution in [2.45, 2.75) is 25.3 Å². The van der Waals surface area contributed by atoms with Gasteiger partial charge in [0.2, 0.25) is 5.91 Å². The van der Waals surface area contributed by atoms with Crippen LogP contribution in [0.4, 0.5) is 0 Å². The Balaban J connectivity index is 1.95. The van der Waals surface area contributed by atoms with Crippen molar-refractivity contribution in [1.82, 2.24) is 9.80 Å². The Morgan fingerprint density at radius 2 is 2.14 bits per heavy atom. The molecule has 0 bridgehead atoms. The van der Waals surface area contributed by atoms with Gasteiger partial charge in [-0.15, -0.1) is 0 Å². The molecule has 78 valence electrons. The van der Waals surface area contributed by atoms with Crippen LogP contribution in [0.25, 0.3) is 0 Å². The lowest BCUT2D eigenvalue weighted by Crippen LogP contribution is -2.55. The van der Waals surface area contributed by atoms with Crippen molar-refractivity contribution in [3.05, 3.63) is 12.7 Å². The number of carbonyl (C=O) groups excluding carboxylic acids is 1. The molecule has 0 N–H and O–H groups in total. The summed E-state index contributed by atoms with van der Waals surface area (Å²) in [5, 5.41) is 0. The van der Waals surface area contributed by atoms with Gasteiger partial charge >= 0.3 is 0 Å². The van der Waals surface area contributed by atoms with Gasteiger partial charge < -0.3 is 4.90 Å². The van der Waals surface area contributed by atoms with Crippen molar-refractivity contribution in [2.75, 3.05) is 26.2 Å². The van der Waals surface area contributed by atoms with Crippen LogP contribution in [0, 0.1) is 0 Å². The molecule has 1 unspecified atom stereocenters. The van der Waals surface area contributed by atoms with Gasteiger partial charge in [0.1, 0.15) is 0 Å². The quantitative estimate of drug-likeness (QED) is 0.578. The first-order chi connectivity index (χ1) is 6.81. The zero-order valence-electron chi connectivity index (χ0n) is 8.61. The number of fused-ring (bicyclic) bond motifs is 1. The van der Waals surface area contributed by atoms with Gasteiger partial charge in [-0.1, -0.05) is 13.0 Å². The van der Waals surface area contributed by atoms with Crippen LogP contribution in [0.1, 0.15) is 19.3 Å². The molecule has 0 spiro atoms. The van der Waals surface area contributed by atoms with E-state index in [1.54, 1.807) is 0 Å². The molecule has 3 nitrogen and oxygen atoms in total. The van der Waals surface area contributed by atoms with Gasteiger partial charge in [-0.05, 0) is 25.5 Å². The molecule has 2 rings (SSSR count). The lowest BCUT2D eigenvalue weighted by molar-refractivity contribution is -0.129. The Kier molecular flexibility index (Phi) is 2.87. The number of piperazine rings is 1. The maximum Gasteiger partial charge on any atom is 0.246 e. The van der Waals surface area contributed by atoms with Gasteiger partial charge in [-0.25, -0.2) is 0 Å². The van der Waals surface area contributed by atoms with Gasteiger partial charge in [0, 0.05) is 25.7 Å². The normalized spacial score (nSPS) is 28.3. The highest BCUT2D eigenvalue weighted by Gasteiger charge is 2.29. The van der Waals surface area contributed by atoms with E-state index in [-0.39, 0.29) is 5.91 Å². The van der Waals surface area contributed by atoms with Crippen LogP contribution in [0.2, 0.25) is 0 Å². The minimum Gasteiger partial charge on any atom is -0.336 e. The summed E-state index contributed by atoms with van der Waals surface area (Å²) < 4.78 is 0. The molecule has 0 aromatic heterocycles. The Bertz CT molecular complexity index is 239. The first-order valence-electron chi connectivity index (χ1n) is 5.46. The fourth-order valence-corrected chi connectivity index (χ4v) is 2.49. The molecule has 14 heavy (non-hydrogen) atoms. The van der Waals surface area contributed by atoms with Crippen molar-refractivity contribution in [3.63, 3.8) is 0 Å². The molecule has 1 amide bonds. The second-order valence-electron chi connectivity index (χ2n) is 4.17. The minimum absolute atomic E-state index is 0.0928. The van der Waals surface area contributed by atoms with Crippen molar-refractivity contribution < 1.29 is 4.79 Å². The van der Waals surface area contributed by atoms with Gasteiger partial charge in [-0.3, -0.25) is 9.69 Å². The second kappa shape index (κ2) is 4.13. The van der Waals surface area contributed by atoms with E-state index in [4.69, 9.17) is 0 Å². The summed E-state index contributed by atoms with van der Waals surface area (Å²) in [6.07, 6.45) is 5.32. The average molecular weight is 194 g/mol. The summed E-state index contributed by atoms with van der Waals surface area (Å²) in [7, 11) is 0.